The number of hydrogen-bond acceptors (Lipinski definition) is 2. The van der Waals surface area contributed by atoms with Gasteiger partial charge in [-0.3, -0.25) is 4.79 Å². The number of amides is 1. The minimum Gasteiger partial charge on any atom is -0.492 e. The molecule has 0 radical (unpaired) electrons. The molecule has 1 N–H and O–H groups in total. The summed E-state index contributed by atoms with van der Waals surface area (Å²) in [5, 5.41) is 3.59. The van der Waals surface area contributed by atoms with Crippen LogP contribution in [0.2, 0.25) is 5.02 Å². The second-order valence-corrected chi connectivity index (χ2v) is 6.18. The molecule has 1 aliphatic heterocycles. The van der Waals surface area contributed by atoms with Gasteiger partial charge in [-0.2, -0.15) is 0 Å². The largest absolute Gasteiger partial charge is 0.492 e. The van der Waals surface area contributed by atoms with Crippen LogP contribution in [0.5, 0.6) is 5.75 Å². The predicted octanol–water partition coefficient (Wildman–Crippen LogP) is 3.91. The molecule has 0 saturated heterocycles. The number of carbonyl (C=O) groups is 1. The molecule has 3 nitrogen and oxygen atoms in total. The minimum absolute atomic E-state index is 0.0764. The number of carbonyl (C=O) groups excluding carboxylic acids is 1. The molecule has 0 fully saturated rings. The van der Waals surface area contributed by atoms with Gasteiger partial charge in [-0.05, 0) is 54.8 Å². The molecule has 0 spiro atoms. The van der Waals surface area contributed by atoms with E-state index in [1.807, 2.05) is 19.1 Å². The van der Waals surface area contributed by atoms with Gasteiger partial charge < -0.3 is 10.1 Å². The topological polar surface area (TPSA) is 38.3 Å². The fourth-order valence-electron chi connectivity index (χ4n) is 2.70. The Bertz CT molecular complexity index is 717. The zero-order valence-electron chi connectivity index (χ0n) is 12.7. The number of halogens is 2. The van der Waals surface area contributed by atoms with E-state index in [9.17, 15) is 9.18 Å². The number of hydrogen-bond donors (Lipinski definition) is 1. The highest BCUT2D eigenvalue weighted by Gasteiger charge is 2.27. The molecule has 0 saturated carbocycles. The van der Waals surface area contributed by atoms with E-state index in [0.29, 0.717) is 18.1 Å². The average Bonchev–Trinajstić information content (AvgIpc) is 2.54. The maximum Gasteiger partial charge on any atom is 0.227 e. The quantitative estimate of drug-likeness (QED) is 0.925. The van der Waals surface area contributed by atoms with E-state index < -0.39 is 0 Å². The van der Waals surface area contributed by atoms with Crippen LogP contribution in [0.1, 0.15) is 24.1 Å². The molecule has 23 heavy (non-hydrogen) atoms. The molecule has 0 aliphatic carbocycles. The van der Waals surface area contributed by atoms with Crippen LogP contribution in [0.4, 0.5) is 4.39 Å². The first-order valence-electron chi connectivity index (χ1n) is 7.50. The van der Waals surface area contributed by atoms with E-state index in [1.54, 1.807) is 18.2 Å². The molecular weight excluding hydrogens is 317 g/mol. The Morgan fingerprint density at radius 2 is 2.04 bits per heavy atom. The Morgan fingerprint density at radius 3 is 2.78 bits per heavy atom. The number of rotatable bonds is 3. The molecule has 120 valence electrons. The lowest BCUT2D eigenvalue weighted by atomic mass is 9.95. The molecule has 3 rings (SSSR count). The lowest BCUT2D eigenvalue weighted by Gasteiger charge is -2.26. The Balaban J connectivity index is 1.66. The van der Waals surface area contributed by atoms with Gasteiger partial charge in [0, 0.05) is 5.02 Å². The maximum atomic E-state index is 13.0. The Hall–Kier alpha value is -2.07. The summed E-state index contributed by atoms with van der Waals surface area (Å²) in [4.78, 5) is 12.4. The summed E-state index contributed by atoms with van der Waals surface area (Å²) in [6.07, 6.45) is 0.595. The molecule has 0 bridgehead atoms. The van der Waals surface area contributed by atoms with Gasteiger partial charge in [-0.1, -0.05) is 23.7 Å². The molecule has 1 aliphatic rings. The van der Waals surface area contributed by atoms with Crippen molar-refractivity contribution in [2.45, 2.75) is 19.4 Å². The summed E-state index contributed by atoms with van der Waals surface area (Å²) in [6, 6.07) is 11.4. The second kappa shape index (κ2) is 6.59. The van der Waals surface area contributed by atoms with E-state index in [-0.39, 0.29) is 23.7 Å². The summed E-state index contributed by atoms with van der Waals surface area (Å²) in [6.45, 7) is 2.22. The fraction of sp³-hybridized carbons (Fsp3) is 0.278. The van der Waals surface area contributed by atoms with E-state index in [2.05, 4.69) is 5.32 Å². The van der Waals surface area contributed by atoms with Crippen LogP contribution < -0.4 is 10.1 Å². The van der Waals surface area contributed by atoms with Crippen molar-refractivity contribution in [1.29, 1.82) is 0 Å². The van der Waals surface area contributed by atoms with Crippen molar-refractivity contribution in [2.24, 2.45) is 5.92 Å². The zero-order valence-corrected chi connectivity index (χ0v) is 13.4. The normalized spacial score (nSPS) is 17.8. The van der Waals surface area contributed by atoms with Crippen LogP contribution in [-0.4, -0.2) is 12.5 Å². The molecule has 0 unspecified atom stereocenters. The van der Waals surface area contributed by atoms with Crippen molar-refractivity contribution in [3.05, 3.63) is 64.4 Å². The lowest BCUT2D eigenvalue weighted by Crippen LogP contribution is -2.38. The molecule has 0 aromatic heterocycles. The molecule has 1 heterocycles. The molecular formula is C18H17ClFNO2. The highest BCUT2D eigenvalue weighted by molar-refractivity contribution is 6.30. The smallest absolute Gasteiger partial charge is 0.227 e. The number of nitrogens with one attached hydrogen (secondary N) is 1. The molecule has 5 heteroatoms. The highest BCUT2D eigenvalue weighted by atomic mass is 35.5. The van der Waals surface area contributed by atoms with Gasteiger partial charge in [0.2, 0.25) is 5.91 Å². The minimum atomic E-state index is -0.290. The monoisotopic (exact) mass is 333 g/mol. The van der Waals surface area contributed by atoms with Crippen LogP contribution >= 0.6 is 11.6 Å². The van der Waals surface area contributed by atoms with Crippen molar-refractivity contribution >= 4 is 17.5 Å². The molecule has 1 amide bonds. The summed E-state index contributed by atoms with van der Waals surface area (Å²) in [5.74, 6) is 0.155. The Morgan fingerprint density at radius 1 is 1.30 bits per heavy atom. The second-order valence-electron chi connectivity index (χ2n) is 5.75. The van der Waals surface area contributed by atoms with Crippen LogP contribution in [0, 0.1) is 11.7 Å². The number of ether oxygens (including phenoxy) is 1. The first kappa shape index (κ1) is 15.8. The van der Waals surface area contributed by atoms with E-state index in [1.165, 1.54) is 12.1 Å². The highest BCUT2D eigenvalue weighted by Crippen LogP contribution is 2.30. The summed E-state index contributed by atoms with van der Waals surface area (Å²) < 4.78 is 18.6. The van der Waals surface area contributed by atoms with E-state index in [4.69, 9.17) is 16.3 Å². The van der Waals surface area contributed by atoms with Gasteiger partial charge in [0.15, 0.2) is 0 Å². The average molecular weight is 334 g/mol. The number of fused-ring (bicyclic) bond motifs is 1. The van der Waals surface area contributed by atoms with Crippen LogP contribution in [0.15, 0.2) is 42.5 Å². The summed E-state index contributed by atoms with van der Waals surface area (Å²) in [7, 11) is 0. The molecule has 2 atom stereocenters. The fourth-order valence-corrected chi connectivity index (χ4v) is 2.89. The molecule has 2 aromatic rings. The van der Waals surface area contributed by atoms with Crippen molar-refractivity contribution < 1.29 is 13.9 Å². The third-order valence-electron chi connectivity index (χ3n) is 4.03. The predicted molar refractivity (Wildman–Crippen MR) is 87.1 cm³/mol. The van der Waals surface area contributed by atoms with Gasteiger partial charge in [0.05, 0.1) is 12.0 Å². The maximum absolute atomic E-state index is 13.0. The number of benzene rings is 2. The first-order chi connectivity index (χ1) is 11.0. The van der Waals surface area contributed by atoms with Crippen molar-refractivity contribution in [3.8, 4) is 5.75 Å². The van der Waals surface area contributed by atoms with Gasteiger partial charge in [0.1, 0.15) is 18.2 Å². The van der Waals surface area contributed by atoms with Crippen LogP contribution in [0.25, 0.3) is 0 Å². The van der Waals surface area contributed by atoms with Gasteiger partial charge in [-0.25, -0.2) is 4.39 Å². The standard InChI is InChI=1S/C18H17ClFNO2/c1-11(12-2-5-16(20)6-3-12)21-18(22)14-8-13-9-15(19)4-7-17(13)23-10-14/h2-7,9,11,14H,8,10H2,1H3,(H,21,22)/t11-,14+/m1/s1. The Kier molecular flexibility index (Phi) is 4.53. The van der Waals surface area contributed by atoms with Crippen LogP contribution in [0.3, 0.4) is 0 Å². The van der Waals surface area contributed by atoms with Gasteiger partial charge >= 0.3 is 0 Å². The van der Waals surface area contributed by atoms with Crippen LogP contribution in [-0.2, 0) is 11.2 Å². The van der Waals surface area contributed by atoms with E-state index >= 15 is 0 Å². The third-order valence-corrected chi connectivity index (χ3v) is 4.26. The van der Waals surface area contributed by atoms with Crippen molar-refractivity contribution in [3.63, 3.8) is 0 Å². The van der Waals surface area contributed by atoms with Gasteiger partial charge in [0.25, 0.3) is 0 Å². The lowest BCUT2D eigenvalue weighted by molar-refractivity contribution is -0.126. The summed E-state index contributed by atoms with van der Waals surface area (Å²) >= 11 is 5.99. The van der Waals surface area contributed by atoms with Gasteiger partial charge in [-0.15, -0.1) is 0 Å². The molecule has 2 aromatic carbocycles. The SMILES string of the molecule is C[C@@H](NC(=O)[C@@H]1COc2ccc(Cl)cc2C1)c1ccc(F)cc1. The van der Waals surface area contributed by atoms with Crippen molar-refractivity contribution in [1.82, 2.24) is 5.32 Å². The summed E-state index contributed by atoms with van der Waals surface area (Å²) in [5.41, 5.74) is 1.80. The van der Waals surface area contributed by atoms with E-state index in [0.717, 1.165) is 16.9 Å². The van der Waals surface area contributed by atoms with Crippen molar-refractivity contribution in [2.75, 3.05) is 6.61 Å². The zero-order chi connectivity index (χ0) is 16.4. The Labute approximate surface area is 139 Å². The third kappa shape index (κ3) is 3.64. The first-order valence-corrected chi connectivity index (χ1v) is 7.88.